The Kier molecular flexibility index (Phi) is 11.0. The summed E-state index contributed by atoms with van der Waals surface area (Å²) in [5, 5.41) is 27.5. The fraction of sp³-hybridized carbons (Fsp3) is 0.333. The maximum atomic E-state index is 9.55. The van der Waals surface area contributed by atoms with E-state index in [2.05, 4.69) is 5.32 Å². The van der Waals surface area contributed by atoms with Crippen molar-refractivity contribution in [2.24, 2.45) is 0 Å². The van der Waals surface area contributed by atoms with Gasteiger partial charge in [0.05, 0.1) is 13.2 Å². The molecule has 122 valence electrons. The Labute approximate surface area is 128 Å². The molecule has 0 heterocycles. The minimum Gasteiger partial charge on any atom is -0.494 e. The highest BCUT2D eigenvalue weighted by molar-refractivity contribution is 5.89. The molecule has 0 saturated heterocycles. The van der Waals surface area contributed by atoms with Crippen LogP contribution in [0.3, 0.4) is 0 Å². The van der Waals surface area contributed by atoms with Gasteiger partial charge in [-0.25, -0.2) is 9.59 Å². The number of hydrogen-bond acceptors (Lipinski definition) is 5. The Balaban J connectivity index is 0.000000472. The molecule has 0 radical (unpaired) electrons. The number of ether oxygens (including phenoxy) is 1. The number of carboxylic acid groups (broad SMARTS) is 2. The van der Waals surface area contributed by atoms with Gasteiger partial charge in [0.25, 0.3) is 0 Å². The van der Waals surface area contributed by atoms with Crippen molar-refractivity contribution in [2.75, 3.05) is 20.3 Å². The van der Waals surface area contributed by atoms with Crippen LogP contribution in [0.1, 0.15) is 6.42 Å². The number of carbonyl (C=O) groups is 2. The second-order valence-electron chi connectivity index (χ2n) is 4.13. The van der Waals surface area contributed by atoms with E-state index in [-0.39, 0.29) is 12.6 Å². The lowest BCUT2D eigenvalue weighted by molar-refractivity contribution is -0.134. The van der Waals surface area contributed by atoms with Gasteiger partial charge in [-0.15, -0.1) is 0 Å². The highest BCUT2D eigenvalue weighted by atomic mass is 16.5. The summed E-state index contributed by atoms with van der Waals surface area (Å²) in [7, 11) is 1.84. The summed E-state index contributed by atoms with van der Waals surface area (Å²) >= 11 is 0. The summed E-state index contributed by atoms with van der Waals surface area (Å²) in [4.78, 5) is 19.1. The van der Waals surface area contributed by atoms with Crippen LogP contribution in [-0.4, -0.2) is 53.6 Å². The van der Waals surface area contributed by atoms with Crippen molar-refractivity contribution in [1.29, 1.82) is 0 Å². The molecule has 7 heteroatoms. The van der Waals surface area contributed by atoms with Gasteiger partial charge < -0.3 is 25.4 Å². The quantitative estimate of drug-likeness (QED) is 0.523. The second-order valence-corrected chi connectivity index (χ2v) is 4.13. The molecule has 0 spiro atoms. The lowest BCUT2D eigenvalue weighted by atomic mass is 10.2. The van der Waals surface area contributed by atoms with E-state index in [1.54, 1.807) is 0 Å². The maximum Gasteiger partial charge on any atom is 0.328 e. The van der Waals surface area contributed by atoms with Gasteiger partial charge in [0.15, 0.2) is 0 Å². The Hall–Kier alpha value is -2.38. The summed E-state index contributed by atoms with van der Waals surface area (Å²) in [6, 6.07) is 9.81. The summed E-state index contributed by atoms with van der Waals surface area (Å²) in [6.45, 7) is 0.769. The predicted octanol–water partition coefficient (Wildman–Crippen LogP) is 0.748. The monoisotopic (exact) mass is 311 g/mol. The first-order chi connectivity index (χ1) is 10.5. The molecule has 1 unspecified atom stereocenters. The molecular weight excluding hydrogens is 290 g/mol. The molecule has 1 atom stereocenters. The van der Waals surface area contributed by atoms with E-state index in [0.717, 1.165) is 12.2 Å². The zero-order valence-electron chi connectivity index (χ0n) is 12.3. The normalized spacial score (nSPS) is 11.4. The van der Waals surface area contributed by atoms with Gasteiger partial charge in [-0.3, -0.25) is 0 Å². The highest BCUT2D eigenvalue weighted by Crippen LogP contribution is 2.08. The van der Waals surface area contributed by atoms with Gasteiger partial charge in [0.1, 0.15) is 5.75 Å². The number of aliphatic carboxylic acids is 2. The molecule has 0 saturated carbocycles. The van der Waals surface area contributed by atoms with Gasteiger partial charge in [0.2, 0.25) is 0 Å². The van der Waals surface area contributed by atoms with Crippen LogP contribution in [0.5, 0.6) is 5.75 Å². The summed E-state index contributed by atoms with van der Waals surface area (Å²) < 4.78 is 5.49. The van der Waals surface area contributed by atoms with Crippen molar-refractivity contribution in [2.45, 2.75) is 12.5 Å². The number of rotatable bonds is 8. The fourth-order valence-corrected chi connectivity index (χ4v) is 1.31. The van der Waals surface area contributed by atoms with Crippen LogP contribution in [0.25, 0.3) is 0 Å². The molecule has 0 aliphatic rings. The van der Waals surface area contributed by atoms with E-state index in [1.165, 1.54) is 0 Å². The number of likely N-dealkylation sites (N-methyl/N-ethyl adjacent to an activating group) is 1. The van der Waals surface area contributed by atoms with Crippen molar-refractivity contribution in [3.05, 3.63) is 42.5 Å². The van der Waals surface area contributed by atoms with Gasteiger partial charge in [-0.2, -0.15) is 0 Å². The van der Waals surface area contributed by atoms with E-state index in [9.17, 15) is 9.59 Å². The molecule has 1 aromatic rings. The molecule has 0 aliphatic carbocycles. The molecule has 0 bridgehead atoms. The zero-order valence-corrected chi connectivity index (χ0v) is 12.3. The average molecular weight is 311 g/mol. The summed E-state index contributed by atoms with van der Waals surface area (Å²) in [5.41, 5.74) is 0. The lowest BCUT2D eigenvalue weighted by Crippen LogP contribution is -2.30. The molecule has 7 nitrogen and oxygen atoms in total. The fourth-order valence-electron chi connectivity index (χ4n) is 1.31. The molecule has 1 rings (SSSR count). The van der Waals surface area contributed by atoms with Crippen molar-refractivity contribution >= 4 is 11.9 Å². The van der Waals surface area contributed by atoms with E-state index in [1.807, 2.05) is 37.4 Å². The third kappa shape index (κ3) is 11.4. The number of aliphatic hydroxyl groups is 1. The van der Waals surface area contributed by atoms with E-state index in [4.69, 9.17) is 20.1 Å². The SMILES string of the molecule is CNC(CO)CCOc1ccccc1.O=C(O)C=CC(=O)O. The first-order valence-corrected chi connectivity index (χ1v) is 6.59. The molecule has 0 amide bonds. The number of benzene rings is 1. The smallest absolute Gasteiger partial charge is 0.328 e. The van der Waals surface area contributed by atoms with E-state index >= 15 is 0 Å². The van der Waals surface area contributed by atoms with Crippen LogP contribution in [-0.2, 0) is 9.59 Å². The Morgan fingerprint density at radius 3 is 2.14 bits per heavy atom. The minimum absolute atomic E-state index is 0.124. The summed E-state index contributed by atoms with van der Waals surface area (Å²) in [6.07, 6.45) is 1.92. The van der Waals surface area contributed by atoms with Gasteiger partial charge >= 0.3 is 11.9 Å². The number of nitrogens with one attached hydrogen (secondary N) is 1. The Morgan fingerprint density at radius 2 is 1.73 bits per heavy atom. The topological polar surface area (TPSA) is 116 Å². The number of aliphatic hydroxyl groups excluding tert-OH is 1. The first-order valence-electron chi connectivity index (χ1n) is 6.59. The third-order valence-electron chi connectivity index (χ3n) is 2.48. The van der Waals surface area contributed by atoms with Crippen LogP contribution in [0.2, 0.25) is 0 Å². The van der Waals surface area contributed by atoms with Crippen LogP contribution >= 0.6 is 0 Å². The molecule has 0 aliphatic heterocycles. The van der Waals surface area contributed by atoms with Crippen LogP contribution in [0, 0.1) is 0 Å². The third-order valence-corrected chi connectivity index (χ3v) is 2.48. The number of carboxylic acids is 2. The predicted molar refractivity (Wildman–Crippen MR) is 80.9 cm³/mol. The molecule has 4 N–H and O–H groups in total. The molecular formula is C15H21NO6. The number of hydrogen-bond donors (Lipinski definition) is 4. The van der Waals surface area contributed by atoms with E-state index in [0.29, 0.717) is 18.8 Å². The minimum atomic E-state index is -1.26. The highest BCUT2D eigenvalue weighted by Gasteiger charge is 2.03. The standard InChI is InChI=1S/C11H17NO2.C4H4O4/c1-12-10(9-13)7-8-14-11-5-3-2-4-6-11;5-3(6)1-2-4(7)8/h2-6,10,12-13H,7-9H2,1H3;1-2H,(H,5,6)(H,7,8). The first kappa shape index (κ1) is 19.6. The Morgan fingerprint density at radius 1 is 1.18 bits per heavy atom. The molecule has 0 aromatic heterocycles. The largest absolute Gasteiger partial charge is 0.494 e. The molecule has 1 aromatic carbocycles. The van der Waals surface area contributed by atoms with Gasteiger partial charge in [0, 0.05) is 18.2 Å². The second kappa shape index (κ2) is 12.4. The average Bonchev–Trinajstić information content (AvgIpc) is 2.51. The van der Waals surface area contributed by atoms with E-state index < -0.39 is 11.9 Å². The van der Waals surface area contributed by atoms with Crippen molar-refractivity contribution < 1.29 is 29.6 Å². The van der Waals surface area contributed by atoms with Crippen molar-refractivity contribution in [3.63, 3.8) is 0 Å². The van der Waals surface area contributed by atoms with Crippen LogP contribution in [0.15, 0.2) is 42.5 Å². The van der Waals surface area contributed by atoms with Crippen LogP contribution in [0.4, 0.5) is 0 Å². The molecule has 0 fully saturated rings. The number of para-hydroxylation sites is 1. The maximum absolute atomic E-state index is 9.55. The lowest BCUT2D eigenvalue weighted by Gasteiger charge is -2.13. The van der Waals surface area contributed by atoms with Crippen molar-refractivity contribution in [1.82, 2.24) is 5.32 Å². The van der Waals surface area contributed by atoms with Gasteiger partial charge in [-0.1, -0.05) is 18.2 Å². The summed E-state index contributed by atoms with van der Waals surface area (Å²) in [5.74, 6) is -1.64. The molecule has 22 heavy (non-hydrogen) atoms. The van der Waals surface area contributed by atoms with Crippen LogP contribution < -0.4 is 10.1 Å². The van der Waals surface area contributed by atoms with Crippen molar-refractivity contribution in [3.8, 4) is 5.75 Å². The van der Waals surface area contributed by atoms with Gasteiger partial charge in [-0.05, 0) is 25.6 Å². The Bertz CT molecular complexity index is 440. The zero-order chi connectivity index (χ0) is 16.8.